The lowest BCUT2D eigenvalue weighted by atomic mass is 10.1. The SMILES string of the molecule is NCCN(CCc1ccccc1)C(=O)C(F)(F)C(F)F. The smallest absolute Gasteiger partial charge is 0.336 e. The largest absolute Gasteiger partial charge is 0.383 e. The number of rotatable bonds is 7. The van der Waals surface area contributed by atoms with Gasteiger partial charge in [0.1, 0.15) is 0 Å². The maximum absolute atomic E-state index is 13.1. The third-order valence-electron chi connectivity index (χ3n) is 2.76. The Morgan fingerprint density at radius 1 is 1.20 bits per heavy atom. The van der Waals surface area contributed by atoms with Crippen molar-refractivity contribution in [2.75, 3.05) is 19.6 Å². The van der Waals surface area contributed by atoms with Crippen LogP contribution in [-0.4, -0.2) is 42.8 Å². The summed E-state index contributed by atoms with van der Waals surface area (Å²) in [5, 5.41) is 0. The van der Waals surface area contributed by atoms with E-state index in [0.717, 1.165) is 5.56 Å². The molecule has 1 aromatic rings. The van der Waals surface area contributed by atoms with Crippen LogP contribution >= 0.6 is 0 Å². The fraction of sp³-hybridized carbons (Fsp3) is 0.462. The van der Waals surface area contributed by atoms with Gasteiger partial charge in [0.25, 0.3) is 5.91 Å². The maximum Gasteiger partial charge on any atom is 0.383 e. The van der Waals surface area contributed by atoms with Crippen LogP contribution in [0.25, 0.3) is 0 Å². The van der Waals surface area contributed by atoms with Crippen LogP contribution < -0.4 is 5.73 Å². The van der Waals surface area contributed by atoms with Gasteiger partial charge >= 0.3 is 12.3 Å². The molecule has 20 heavy (non-hydrogen) atoms. The van der Waals surface area contributed by atoms with E-state index in [1.807, 2.05) is 0 Å². The molecular weight excluding hydrogens is 276 g/mol. The van der Waals surface area contributed by atoms with Gasteiger partial charge in [-0.25, -0.2) is 8.78 Å². The van der Waals surface area contributed by atoms with Crippen LogP contribution in [-0.2, 0) is 11.2 Å². The highest BCUT2D eigenvalue weighted by Crippen LogP contribution is 2.25. The third-order valence-corrected chi connectivity index (χ3v) is 2.76. The molecule has 0 bridgehead atoms. The Labute approximate surface area is 114 Å². The predicted molar refractivity (Wildman–Crippen MR) is 66.7 cm³/mol. The summed E-state index contributed by atoms with van der Waals surface area (Å²) in [7, 11) is 0. The molecule has 0 aliphatic rings. The summed E-state index contributed by atoms with van der Waals surface area (Å²) in [5.74, 6) is -6.56. The minimum absolute atomic E-state index is 0.0696. The molecule has 0 heterocycles. The highest BCUT2D eigenvalue weighted by Gasteiger charge is 2.50. The first kappa shape index (κ1) is 16.4. The lowest BCUT2D eigenvalue weighted by molar-refractivity contribution is -0.180. The van der Waals surface area contributed by atoms with E-state index in [2.05, 4.69) is 0 Å². The quantitative estimate of drug-likeness (QED) is 0.780. The van der Waals surface area contributed by atoms with Crippen LogP contribution in [0.3, 0.4) is 0 Å². The summed E-state index contributed by atoms with van der Waals surface area (Å²) in [6.07, 6.45) is -3.72. The summed E-state index contributed by atoms with van der Waals surface area (Å²) in [5.41, 5.74) is 6.05. The number of alkyl halides is 4. The molecule has 1 amide bonds. The van der Waals surface area contributed by atoms with E-state index in [-0.39, 0.29) is 19.6 Å². The van der Waals surface area contributed by atoms with Gasteiger partial charge in [-0.1, -0.05) is 30.3 Å². The van der Waals surface area contributed by atoms with Gasteiger partial charge in [-0.3, -0.25) is 4.79 Å². The highest BCUT2D eigenvalue weighted by atomic mass is 19.3. The predicted octanol–water partition coefficient (Wildman–Crippen LogP) is 1.92. The number of amides is 1. The Morgan fingerprint density at radius 2 is 1.80 bits per heavy atom. The van der Waals surface area contributed by atoms with Gasteiger partial charge in [0.2, 0.25) is 0 Å². The standard InChI is InChI=1S/C13H16F4N2O/c14-11(15)13(16,17)12(20)19(9-7-18)8-6-10-4-2-1-3-5-10/h1-5,11H,6-9,18H2. The monoisotopic (exact) mass is 292 g/mol. The molecule has 0 spiro atoms. The number of carbonyl (C=O) groups excluding carboxylic acids is 1. The van der Waals surface area contributed by atoms with Crippen LogP contribution in [0.15, 0.2) is 30.3 Å². The molecule has 0 atom stereocenters. The van der Waals surface area contributed by atoms with Crippen LogP contribution in [0.1, 0.15) is 5.56 Å². The number of nitrogens with two attached hydrogens (primary N) is 1. The van der Waals surface area contributed by atoms with Crippen molar-refractivity contribution in [3.63, 3.8) is 0 Å². The molecule has 7 heteroatoms. The molecule has 1 aromatic carbocycles. The van der Waals surface area contributed by atoms with E-state index in [9.17, 15) is 22.4 Å². The van der Waals surface area contributed by atoms with Gasteiger partial charge in [-0.15, -0.1) is 0 Å². The number of halogens is 4. The lowest BCUT2D eigenvalue weighted by Gasteiger charge is -2.26. The maximum atomic E-state index is 13.1. The number of nitrogens with zero attached hydrogens (tertiary/aromatic N) is 1. The topological polar surface area (TPSA) is 46.3 Å². The van der Waals surface area contributed by atoms with Gasteiger partial charge in [0.05, 0.1) is 0 Å². The third kappa shape index (κ3) is 4.19. The molecule has 0 aliphatic heterocycles. The Bertz CT molecular complexity index is 426. The van der Waals surface area contributed by atoms with E-state index in [1.54, 1.807) is 30.3 Å². The molecule has 1 rings (SSSR count). The Kier molecular flexibility index (Phi) is 5.94. The Morgan fingerprint density at radius 3 is 2.30 bits per heavy atom. The molecule has 0 unspecified atom stereocenters. The van der Waals surface area contributed by atoms with Crippen molar-refractivity contribution in [1.82, 2.24) is 4.90 Å². The minimum atomic E-state index is -4.67. The molecule has 0 aliphatic carbocycles. The molecule has 3 nitrogen and oxygen atoms in total. The highest BCUT2D eigenvalue weighted by molar-refractivity contribution is 5.84. The number of carbonyl (C=O) groups is 1. The average molecular weight is 292 g/mol. The number of benzene rings is 1. The molecule has 0 aromatic heterocycles. The molecule has 112 valence electrons. The van der Waals surface area contributed by atoms with Crippen LogP contribution in [0.5, 0.6) is 0 Å². The van der Waals surface area contributed by atoms with Crippen LogP contribution in [0.2, 0.25) is 0 Å². The van der Waals surface area contributed by atoms with E-state index in [0.29, 0.717) is 11.3 Å². The molecule has 0 fully saturated rings. The Balaban J connectivity index is 2.71. The minimum Gasteiger partial charge on any atom is -0.336 e. The van der Waals surface area contributed by atoms with E-state index >= 15 is 0 Å². The fourth-order valence-corrected chi connectivity index (χ4v) is 1.68. The van der Waals surface area contributed by atoms with Crippen molar-refractivity contribution in [1.29, 1.82) is 0 Å². The summed E-state index contributed by atoms with van der Waals surface area (Å²) < 4.78 is 50.5. The van der Waals surface area contributed by atoms with Crippen LogP contribution in [0, 0.1) is 0 Å². The first-order chi connectivity index (χ1) is 9.39. The van der Waals surface area contributed by atoms with E-state index < -0.39 is 18.3 Å². The second-order valence-corrected chi connectivity index (χ2v) is 4.24. The van der Waals surface area contributed by atoms with Gasteiger partial charge in [-0.2, -0.15) is 8.78 Å². The normalized spacial score (nSPS) is 11.7. The molecule has 0 saturated heterocycles. The first-order valence-corrected chi connectivity index (χ1v) is 6.09. The number of hydrogen-bond donors (Lipinski definition) is 1. The van der Waals surface area contributed by atoms with E-state index in [1.165, 1.54) is 0 Å². The Hall–Kier alpha value is -1.63. The molecule has 0 radical (unpaired) electrons. The van der Waals surface area contributed by atoms with Crippen LogP contribution in [0.4, 0.5) is 17.6 Å². The fourth-order valence-electron chi connectivity index (χ4n) is 1.68. The van der Waals surface area contributed by atoms with Crippen molar-refractivity contribution < 1.29 is 22.4 Å². The first-order valence-electron chi connectivity index (χ1n) is 6.09. The molecule has 2 N–H and O–H groups in total. The van der Waals surface area contributed by atoms with Gasteiger partial charge < -0.3 is 10.6 Å². The zero-order chi connectivity index (χ0) is 15.2. The van der Waals surface area contributed by atoms with E-state index in [4.69, 9.17) is 5.73 Å². The molecular formula is C13H16F4N2O. The zero-order valence-electron chi connectivity index (χ0n) is 10.7. The second-order valence-electron chi connectivity index (χ2n) is 4.24. The second kappa shape index (κ2) is 7.23. The summed E-state index contributed by atoms with van der Waals surface area (Å²) in [4.78, 5) is 12.1. The van der Waals surface area contributed by atoms with Crippen molar-refractivity contribution in [2.24, 2.45) is 5.73 Å². The van der Waals surface area contributed by atoms with Crippen molar-refractivity contribution in [3.8, 4) is 0 Å². The zero-order valence-corrected chi connectivity index (χ0v) is 10.7. The summed E-state index contributed by atoms with van der Waals surface area (Å²) in [6.45, 7) is -0.337. The van der Waals surface area contributed by atoms with Gasteiger partial charge in [-0.05, 0) is 12.0 Å². The van der Waals surface area contributed by atoms with Gasteiger partial charge in [0.15, 0.2) is 0 Å². The average Bonchev–Trinajstić information content (AvgIpc) is 2.43. The lowest BCUT2D eigenvalue weighted by Crippen LogP contribution is -2.49. The van der Waals surface area contributed by atoms with Crippen molar-refractivity contribution in [2.45, 2.75) is 18.8 Å². The summed E-state index contributed by atoms with van der Waals surface area (Å²) in [6, 6.07) is 8.83. The van der Waals surface area contributed by atoms with Crippen molar-refractivity contribution in [3.05, 3.63) is 35.9 Å². The summed E-state index contributed by atoms with van der Waals surface area (Å²) >= 11 is 0. The number of hydrogen-bond acceptors (Lipinski definition) is 2. The molecule has 0 saturated carbocycles. The van der Waals surface area contributed by atoms with Gasteiger partial charge in [0, 0.05) is 19.6 Å². The van der Waals surface area contributed by atoms with Crippen molar-refractivity contribution >= 4 is 5.91 Å².